The minimum atomic E-state index is -3.79. The van der Waals surface area contributed by atoms with Gasteiger partial charge in [-0.15, -0.1) is 0 Å². The molecule has 36 heavy (non-hydrogen) atoms. The SMILES string of the molecule is CCOC(=O)CCN(Cc1ccco1)c1ncnc(NCCc2ccc(S(N)(=O)=O)cc2)c1[N+](=O)[O-]. The molecule has 0 aliphatic carbocycles. The van der Waals surface area contributed by atoms with E-state index >= 15 is 0 Å². The molecule has 0 atom stereocenters. The number of carbonyl (C=O) groups excluding carboxylic acids is 1. The molecule has 0 radical (unpaired) electrons. The molecular weight excluding hydrogens is 492 g/mol. The summed E-state index contributed by atoms with van der Waals surface area (Å²) < 4.78 is 33.2. The quantitative estimate of drug-likeness (QED) is 0.192. The highest BCUT2D eigenvalue weighted by molar-refractivity contribution is 7.89. The number of carbonyl (C=O) groups is 1. The van der Waals surface area contributed by atoms with Gasteiger partial charge >= 0.3 is 11.7 Å². The molecule has 3 rings (SSSR count). The van der Waals surface area contributed by atoms with Crippen LogP contribution in [0.2, 0.25) is 0 Å². The van der Waals surface area contributed by atoms with Gasteiger partial charge in [0.15, 0.2) is 0 Å². The van der Waals surface area contributed by atoms with Crippen LogP contribution < -0.4 is 15.4 Å². The Hall–Kier alpha value is -4.04. The third kappa shape index (κ3) is 7.23. The zero-order valence-electron chi connectivity index (χ0n) is 19.5. The monoisotopic (exact) mass is 518 g/mol. The van der Waals surface area contributed by atoms with Crippen molar-refractivity contribution in [2.24, 2.45) is 5.14 Å². The molecule has 192 valence electrons. The van der Waals surface area contributed by atoms with Crippen molar-refractivity contribution in [3.05, 3.63) is 70.4 Å². The number of ether oxygens (including phenoxy) is 1. The summed E-state index contributed by atoms with van der Waals surface area (Å²) in [5.74, 6) is 0.122. The fraction of sp³-hybridized carbons (Fsp3) is 0.318. The molecule has 0 unspecified atom stereocenters. The van der Waals surface area contributed by atoms with Gasteiger partial charge in [0.1, 0.15) is 12.1 Å². The summed E-state index contributed by atoms with van der Waals surface area (Å²) in [6.45, 7) is 2.43. The van der Waals surface area contributed by atoms with Crippen molar-refractivity contribution in [3.63, 3.8) is 0 Å². The summed E-state index contributed by atoms with van der Waals surface area (Å²) in [5, 5.41) is 20.1. The second kappa shape index (κ2) is 12.1. The summed E-state index contributed by atoms with van der Waals surface area (Å²) in [6.07, 6.45) is 3.11. The molecule has 2 aromatic heterocycles. The molecule has 14 heteroatoms. The first-order valence-electron chi connectivity index (χ1n) is 11.0. The lowest BCUT2D eigenvalue weighted by Crippen LogP contribution is -2.28. The average Bonchev–Trinajstić information content (AvgIpc) is 3.34. The van der Waals surface area contributed by atoms with Crippen LogP contribution in [-0.2, 0) is 32.5 Å². The molecule has 0 saturated carbocycles. The highest BCUT2D eigenvalue weighted by Crippen LogP contribution is 2.33. The van der Waals surface area contributed by atoms with E-state index in [2.05, 4.69) is 15.3 Å². The second-order valence-corrected chi connectivity index (χ2v) is 9.13. The van der Waals surface area contributed by atoms with E-state index in [4.69, 9.17) is 14.3 Å². The Labute approximate surface area is 207 Å². The third-order valence-corrected chi connectivity index (χ3v) is 5.99. The van der Waals surface area contributed by atoms with Crippen LogP contribution in [0.25, 0.3) is 0 Å². The summed E-state index contributed by atoms with van der Waals surface area (Å²) >= 11 is 0. The van der Waals surface area contributed by atoms with Crippen molar-refractivity contribution in [3.8, 4) is 0 Å². The lowest BCUT2D eigenvalue weighted by molar-refractivity contribution is -0.383. The van der Waals surface area contributed by atoms with E-state index in [1.807, 2.05) is 0 Å². The van der Waals surface area contributed by atoms with Gasteiger partial charge in [0, 0.05) is 13.1 Å². The van der Waals surface area contributed by atoms with Crippen molar-refractivity contribution in [1.29, 1.82) is 0 Å². The maximum absolute atomic E-state index is 12.0. The van der Waals surface area contributed by atoms with Gasteiger partial charge in [0.2, 0.25) is 21.7 Å². The van der Waals surface area contributed by atoms with E-state index in [9.17, 15) is 23.3 Å². The van der Waals surface area contributed by atoms with Gasteiger partial charge in [0.25, 0.3) is 0 Å². The average molecular weight is 519 g/mol. The fourth-order valence-electron chi connectivity index (χ4n) is 3.38. The predicted octanol–water partition coefficient (Wildman–Crippen LogP) is 2.24. The first-order valence-corrected chi connectivity index (χ1v) is 12.5. The number of aromatic nitrogens is 2. The zero-order valence-corrected chi connectivity index (χ0v) is 20.3. The van der Waals surface area contributed by atoms with E-state index in [0.29, 0.717) is 12.2 Å². The van der Waals surface area contributed by atoms with E-state index in [0.717, 1.165) is 5.56 Å². The fourth-order valence-corrected chi connectivity index (χ4v) is 3.89. The standard InChI is InChI=1S/C22H26N6O7S/c1-2-34-19(29)10-12-27(14-17-4-3-13-35-17)22-20(28(30)31)21(25-15-26-22)24-11-9-16-5-7-18(8-6-16)36(23,32)33/h3-8,13,15H,2,9-12,14H2,1H3,(H2,23,32,33)(H,24,25,26). The topological polar surface area (TPSA) is 184 Å². The highest BCUT2D eigenvalue weighted by atomic mass is 32.2. The molecule has 0 spiro atoms. The van der Waals surface area contributed by atoms with Gasteiger partial charge in [-0.1, -0.05) is 12.1 Å². The Morgan fingerprint density at radius 3 is 2.61 bits per heavy atom. The molecule has 0 bridgehead atoms. The molecule has 1 aromatic carbocycles. The molecule has 13 nitrogen and oxygen atoms in total. The van der Waals surface area contributed by atoms with Gasteiger partial charge in [-0.05, 0) is 43.2 Å². The van der Waals surface area contributed by atoms with Gasteiger partial charge in [-0.25, -0.2) is 23.5 Å². The van der Waals surface area contributed by atoms with Gasteiger partial charge in [-0.2, -0.15) is 0 Å². The number of primary sulfonamides is 1. The van der Waals surface area contributed by atoms with E-state index < -0.39 is 20.9 Å². The molecular formula is C22H26N6O7S. The number of nitro groups is 1. The molecule has 0 aliphatic heterocycles. The normalized spacial score (nSPS) is 11.2. The Morgan fingerprint density at radius 1 is 1.25 bits per heavy atom. The van der Waals surface area contributed by atoms with Crippen LogP contribution in [0.15, 0.2) is 58.3 Å². The number of sulfonamides is 1. The number of rotatable bonds is 13. The van der Waals surface area contributed by atoms with Crippen LogP contribution in [0.3, 0.4) is 0 Å². The van der Waals surface area contributed by atoms with Crippen molar-refractivity contribution in [1.82, 2.24) is 9.97 Å². The molecule has 0 aliphatic rings. The van der Waals surface area contributed by atoms with Crippen LogP contribution in [0, 0.1) is 10.1 Å². The van der Waals surface area contributed by atoms with E-state index in [-0.39, 0.29) is 54.9 Å². The summed E-state index contributed by atoms with van der Waals surface area (Å²) in [6, 6.07) is 9.42. The van der Waals surface area contributed by atoms with Crippen molar-refractivity contribution < 1.29 is 27.3 Å². The predicted molar refractivity (Wildman–Crippen MR) is 130 cm³/mol. The molecule has 0 saturated heterocycles. The van der Waals surface area contributed by atoms with E-state index in [1.165, 1.54) is 24.7 Å². The van der Waals surface area contributed by atoms with Crippen LogP contribution in [0.1, 0.15) is 24.7 Å². The Morgan fingerprint density at radius 2 is 2.00 bits per heavy atom. The van der Waals surface area contributed by atoms with Crippen molar-refractivity contribution in [2.75, 3.05) is 29.9 Å². The van der Waals surface area contributed by atoms with Gasteiger partial charge in [-0.3, -0.25) is 14.9 Å². The molecule has 3 N–H and O–H groups in total. The first-order chi connectivity index (χ1) is 17.2. The number of anilines is 2. The lowest BCUT2D eigenvalue weighted by Gasteiger charge is -2.22. The lowest BCUT2D eigenvalue weighted by atomic mass is 10.1. The number of nitrogens with two attached hydrogens (primary N) is 1. The van der Waals surface area contributed by atoms with E-state index in [1.54, 1.807) is 36.1 Å². The summed E-state index contributed by atoms with van der Waals surface area (Å²) in [5.41, 5.74) is 0.443. The molecule has 3 aromatic rings. The molecule has 0 amide bonds. The first kappa shape index (κ1) is 26.6. The molecule has 2 heterocycles. The maximum atomic E-state index is 12.0. The number of hydrogen-bond donors (Lipinski definition) is 2. The number of furan rings is 1. The number of esters is 1. The van der Waals surface area contributed by atoms with Crippen LogP contribution in [0.4, 0.5) is 17.3 Å². The second-order valence-electron chi connectivity index (χ2n) is 7.57. The Balaban J connectivity index is 1.79. The number of benzene rings is 1. The summed E-state index contributed by atoms with van der Waals surface area (Å²) in [4.78, 5) is 33.1. The molecule has 0 fully saturated rings. The number of nitrogens with zero attached hydrogens (tertiary/aromatic N) is 4. The summed E-state index contributed by atoms with van der Waals surface area (Å²) in [7, 11) is -3.79. The van der Waals surface area contributed by atoms with Gasteiger partial charge in [0.05, 0.1) is 35.7 Å². The highest BCUT2D eigenvalue weighted by Gasteiger charge is 2.28. The smallest absolute Gasteiger partial charge is 0.353 e. The maximum Gasteiger partial charge on any atom is 0.353 e. The Bertz CT molecular complexity index is 1280. The van der Waals surface area contributed by atoms with Crippen molar-refractivity contribution >= 4 is 33.3 Å². The van der Waals surface area contributed by atoms with Gasteiger partial charge < -0.3 is 19.4 Å². The number of nitrogens with one attached hydrogen (secondary N) is 1. The van der Waals surface area contributed by atoms with Crippen LogP contribution >= 0.6 is 0 Å². The Kier molecular flexibility index (Phi) is 8.91. The minimum Gasteiger partial charge on any atom is -0.467 e. The van der Waals surface area contributed by atoms with Crippen LogP contribution in [-0.4, -0.2) is 49.0 Å². The zero-order chi connectivity index (χ0) is 26.1. The van der Waals surface area contributed by atoms with Crippen molar-refractivity contribution in [2.45, 2.75) is 31.2 Å². The largest absolute Gasteiger partial charge is 0.467 e. The minimum absolute atomic E-state index is 0.00486. The number of hydrogen-bond acceptors (Lipinski definition) is 11. The van der Waals surface area contributed by atoms with Crippen LogP contribution in [0.5, 0.6) is 0 Å². The third-order valence-electron chi connectivity index (χ3n) is 5.06.